The van der Waals surface area contributed by atoms with E-state index < -0.39 is 0 Å². The molecule has 0 aromatic carbocycles. The molecule has 2 amide bonds. The fourth-order valence-corrected chi connectivity index (χ4v) is 6.10. The van der Waals surface area contributed by atoms with E-state index in [-0.39, 0.29) is 47.0 Å². The van der Waals surface area contributed by atoms with Crippen LogP contribution in [0.3, 0.4) is 0 Å². The van der Waals surface area contributed by atoms with Gasteiger partial charge in [0, 0.05) is 30.8 Å². The first kappa shape index (κ1) is 19.0. The molecule has 8 nitrogen and oxygen atoms in total. The number of carbonyl (C=O) groups is 2. The molecule has 4 aliphatic rings. The highest BCUT2D eigenvalue weighted by molar-refractivity contribution is 5.93. The summed E-state index contributed by atoms with van der Waals surface area (Å²) in [5.74, 6) is 0.766. The predicted molar refractivity (Wildman–Crippen MR) is 103 cm³/mol. The first-order chi connectivity index (χ1) is 14.1. The van der Waals surface area contributed by atoms with Gasteiger partial charge in [-0.2, -0.15) is 0 Å². The average Bonchev–Trinajstić information content (AvgIpc) is 3.42. The first-order valence-electron chi connectivity index (χ1n) is 11.1. The summed E-state index contributed by atoms with van der Waals surface area (Å²) in [4.78, 5) is 27.4. The fraction of sp³-hybridized carbons (Fsp3) is 0.810. The number of likely N-dealkylation sites (tertiary alicyclic amines) is 1. The molecule has 158 valence electrons. The molecule has 3 aliphatic heterocycles. The molecule has 0 unspecified atom stereocenters. The molecule has 1 spiro atoms. The minimum atomic E-state index is -0.261. The van der Waals surface area contributed by atoms with Gasteiger partial charge in [0.05, 0.1) is 18.2 Å². The van der Waals surface area contributed by atoms with Crippen molar-refractivity contribution in [3.63, 3.8) is 0 Å². The van der Waals surface area contributed by atoms with E-state index in [0.717, 1.165) is 38.5 Å². The summed E-state index contributed by atoms with van der Waals surface area (Å²) < 4.78 is 11.1. The molecule has 1 N–H and O–H groups in total. The van der Waals surface area contributed by atoms with Crippen LogP contribution in [0.15, 0.2) is 4.63 Å². The molecule has 1 aliphatic carbocycles. The molecule has 4 fully saturated rings. The summed E-state index contributed by atoms with van der Waals surface area (Å²) in [5.41, 5.74) is 0.541. The maximum Gasteiger partial charge on any atom is 0.278 e. The highest BCUT2D eigenvalue weighted by Crippen LogP contribution is 2.54. The van der Waals surface area contributed by atoms with Crippen molar-refractivity contribution in [1.82, 2.24) is 20.5 Å². The third-order valence-corrected chi connectivity index (χ3v) is 7.66. The molecule has 5 rings (SSSR count). The average molecular weight is 402 g/mol. The number of nitrogens with one attached hydrogen (secondary N) is 1. The van der Waals surface area contributed by atoms with Gasteiger partial charge in [-0.3, -0.25) is 9.59 Å². The van der Waals surface area contributed by atoms with Crippen LogP contribution in [0.25, 0.3) is 0 Å². The lowest BCUT2D eigenvalue weighted by molar-refractivity contribution is -0.125. The van der Waals surface area contributed by atoms with Crippen LogP contribution < -0.4 is 5.32 Å². The van der Waals surface area contributed by atoms with E-state index in [9.17, 15) is 9.59 Å². The second-order valence-electron chi connectivity index (χ2n) is 9.35. The smallest absolute Gasteiger partial charge is 0.278 e. The maximum atomic E-state index is 12.9. The number of aromatic nitrogens is 2. The van der Waals surface area contributed by atoms with Gasteiger partial charge in [-0.25, -0.2) is 4.63 Å². The number of hydrogen-bond donors (Lipinski definition) is 1. The molecule has 29 heavy (non-hydrogen) atoms. The summed E-state index contributed by atoms with van der Waals surface area (Å²) in [7, 11) is 0. The van der Waals surface area contributed by atoms with Crippen LogP contribution in [0.2, 0.25) is 0 Å². The molecule has 8 heteroatoms. The van der Waals surface area contributed by atoms with E-state index in [2.05, 4.69) is 15.6 Å². The Hall–Kier alpha value is -1.96. The number of aryl methyl sites for hydroxylation is 1. The minimum absolute atomic E-state index is 0.138. The van der Waals surface area contributed by atoms with Crippen molar-refractivity contribution in [3.05, 3.63) is 11.4 Å². The summed E-state index contributed by atoms with van der Waals surface area (Å²) in [6, 6.07) is 0. The lowest BCUT2D eigenvalue weighted by atomic mass is 9.73. The van der Waals surface area contributed by atoms with Crippen molar-refractivity contribution >= 4 is 11.8 Å². The summed E-state index contributed by atoms with van der Waals surface area (Å²) in [6.45, 7) is 3.61. The zero-order valence-corrected chi connectivity index (χ0v) is 17.1. The second kappa shape index (κ2) is 7.38. The van der Waals surface area contributed by atoms with Gasteiger partial charge in [0.15, 0.2) is 5.69 Å². The van der Waals surface area contributed by atoms with Crippen LogP contribution in [-0.4, -0.2) is 58.4 Å². The molecular formula is C21H30N4O4. The van der Waals surface area contributed by atoms with Crippen molar-refractivity contribution < 1.29 is 19.0 Å². The van der Waals surface area contributed by atoms with Crippen LogP contribution in [0.4, 0.5) is 0 Å². The Morgan fingerprint density at radius 2 is 1.97 bits per heavy atom. The lowest BCUT2D eigenvalue weighted by Gasteiger charge is -2.29. The van der Waals surface area contributed by atoms with E-state index in [1.165, 1.54) is 12.8 Å². The highest BCUT2D eigenvalue weighted by Gasteiger charge is 2.63. The molecule has 1 aromatic rings. The summed E-state index contributed by atoms with van der Waals surface area (Å²) >= 11 is 0. The number of nitrogens with zero attached hydrogens (tertiary/aromatic N) is 3. The quantitative estimate of drug-likeness (QED) is 0.775. The zero-order chi connectivity index (χ0) is 20.0. The van der Waals surface area contributed by atoms with Gasteiger partial charge in [0.25, 0.3) is 5.91 Å². The summed E-state index contributed by atoms with van der Waals surface area (Å²) in [6.07, 6.45) is 9.02. The number of rotatable bonds is 4. The normalized spacial score (nSPS) is 34.2. The molecule has 1 saturated carbocycles. The molecule has 3 saturated heterocycles. The third-order valence-electron chi connectivity index (χ3n) is 7.66. The largest absolute Gasteiger partial charge is 0.369 e. The van der Waals surface area contributed by atoms with Crippen LogP contribution in [0.1, 0.15) is 67.5 Å². The van der Waals surface area contributed by atoms with Crippen molar-refractivity contribution in [1.29, 1.82) is 0 Å². The van der Waals surface area contributed by atoms with E-state index in [1.807, 2.05) is 4.90 Å². The predicted octanol–water partition coefficient (Wildman–Crippen LogP) is 2.08. The second-order valence-corrected chi connectivity index (χ2v) is 9.35. The van der Waals surface area contributed by atoms with Gasteiger partial charge in [0.1, 0.15) is 5.69 Å². The van der Waals surface area contributed by atoms with Gasteiger partial charge < -0.3 is 15.0 Å². The van der Waals surface area contributed by atoms with Gasteiger partial charge in [-0.15, -0.1) is 0 Å². The SMILES string of the molecule is Cc1nonc1C(=O)N1C[C@@H]2[C@H](CNC(=O)C3CCCCCC3)[C@H]3CC[C@]2(C1)O3. The molecule has 1 aromatic heterocycles. The maximum absolute atomic E-state index is 12.9. The number of hydrogen-bond acceptors (Lipinski definition) is 6. The van der Waals surface area contributed by atoms with E-state index in [1.54, 1.807) is 6.92 Å². The van der Waals surface area contributed by atoms with E-state index in [4.69, 9.17) is 9.37 Å². The Morgan fingerprint density at radius 3 is 2.69 bits per heavy atom. The molecular weight excluding hydrogens is 372 g/mol. The minimum Gasteiger partial charge on any atom is -0.369 e. The van der Waals surface area contributed by atoms with Gasteiger partial charge in [0.2, 0.25) is 5.91 Å². The Kier molecular flexibility index (Phi) is 4.84. The number of fused-ring (bicyclic) bond motifs is 1. The Labute approximate surface area is 170 Å². The number of ether oxygens (including phenoxy) is 1. The fourth-order valence-electron chi connectivity index (χ4n) is 6.10. The van der Waals surface area contributed by atoms with E-state index >= 15 is 0 Å². The Morgan fingerprint density at radius 1 is 1.17 bits per heavy atom. The summed E-state index contributed by atoms with van der Waals surface area (Å²) in [5, 5.41) is 10.7. The van der Waals surface area contributed by atoms with Crippen molar-refractivity contribution in [2.45, 2.75) is 70.0 Å². The molecule has 2 bridgehead atoms. The topological polar surface area (TPSA) is 97.6 Å². The zero-order valence-electron chi connectivity index (χ0n) is 17.1. The lowest BCUT2D eigenvalue weighted by Crippen LogP contribution is -2.43. The molecule has 4 heterocycles. The van der Waals surface area contributed by atoms with Crippen molar-refractivity contribution in [2.24, 2.45) is 17.8 Å². The van der Waals surface area contributed by atoms with E-state index in [0.29, 0.717) is 25.3 Å². The highest BCUT2D eigenvalue weighted by atomic mass is 16.6. The first-order valence-corrected chi connectivity index (χ1v) is 11.1. The third kappa shape index (κ3) is 3.25. The number of amides is 2. The molecule has 0 radical (unpaired) electrons. The standard InChI is InChI=1S/C21H30N4O4/c1-13-18(24-29-23-13)20(27)25-11-16-15(17-8-9-21(16,12-25)28-17)10-22-19(26)14-6-4-2-3-5-7-14/h14-17H,2-12H2,1H3,(H,22,26)/t15-,16+,17+,21+/m0/s1. The van der Waals surface area contributed by atoms with Crippen LogP contribution in [-0.2, 0) is 9.53 Å². The van der Waals surface area contributed by atoms with Crippen LogP contribution in [0, 0.1) is 24.7 Å². The van der Waals surface area contributed by atoms with Crippen LogP contribution >= 0.6 is 0 Å². The number of carbonyl (C=O) groups excluding carboxylic acids is 2. The Bertz CT molecular complexity index is 787. The van der Waals surface area contributed by atoms with Crippen molar-refractivity contribution in [2.75, 3.05) is 19.6 Å². The van der Waals surface area contributed by atoms with Gasteiger partial charge >= 0.3 is 0 Å². The van der Waals surface area contributed by atoms with Gasteiger partial charge in [-0.05, 0) is 37.8 Å². The Balaban J connectivity index is 1.24. The van der Waals surface area contributed by atoms with Crippen LogP contribution in [0.5, 0.6) is 0 Å². The molecule has 4 atom stereocenters. The van der Waals surface area contributed by atoms with Crippen molar-refractivity contribution in [3.8, 4) is 0 Å². The monoisotopic (exact) mass is 402 g/mol. The van der Waals surface area contributed by atoms with Gasteiger partial charge in [-0.1, -0.05) is 30.8 Å².